The van der Waals surface area contributed by atoms with E-state index >= 15 is 0 Å². The number of carbonyl (C=O) groups is 1. The molecule has 0 spiro atoms. The summed E-state index contributed by atoms with van der Waals surface area (Å²) < 4.78 is 0. The van der Waals surface area contributed by atoms with E-state index < -0.39 is 0 Å². The van der Waals surface area contributed by atoms with Crippen LogP contribution in [-0.4, -0.2) is 32.4 Å². The van der Waals surface area contributed by atoms with E-state index in [1.54, 1.807) is 12.4 Å². The normalized spacial score (nSPS) is 14.1. The van der Waals surface area contributed by atoms with Crippen LogP contribution in [0.2, 0.25) is 0 Å². The Morgan fingerprint density at radius 1 is 0.848 bits per heavy atom. The van der Waals surface area contributed by atoms with Crippen molar-refractivity contribution in [3.8, 4) is 0 Å². The van der Waals surface area contributed by atoms with Gasteiger partial charge in [0.15, 0.2) is 0 Å². The lowest BCUT2D eigenvalue weighted by Crippen LogP contribution is -2.24. The summed E-state index contributed by atoms with van der Waals surface area (Å²) >= 11 is 0. The molecule has 0 radical (unpaired) electrons. The molecule has 0 saturated carbocycles. The summed E-state index contributed by atoms with van der Waals surface area (Å²) in [4.78, 5) is 31.7. The van der Waals surface area contributed by atoms with Crippen LogP contribution in [0, 0.1) is 0 Å². The second-order valence-corrected chi connectivity index (χ2v) is 8.54. The molecule has 1 amide bonds. The van der Waals surface area contributed by atoms with E-state index in [0.29, 0.717) is 17.6 Å². The second kappa shape index (κ2) is 8.20. The first-order valence-corrected chi connectivity index (χ1v) is 11.5. The van der Waals surface area contributed by atoms with E-state index in [-0.39, 0.29) is 5.91 Å². The van der Waals surface area contributed by atoms with Crippen LogP contribution in [0.3, 0.4) is 0 Å². The molecular weight excluding hydrogens is 410 g/mol. The van der Waals surface area contributed by atoms with Gasteiger partial charge in [-0.1, -0.05) is 11.6 Å². The van der Waals surface area contributed by atoms with Gasteiger partial charge in [-0.05, 0) is 74.6 Å². The van der Waals surface area contributed by atoms with Crippen molar-refractivity contribution in [2.24, 2.45) is 0 Å². The number of carbonyl (C=O) groups excluding carboxylic acids is 1. The average Bonchev–Trinajstić information content (AvgIpc) is 2.88. The molecule has 5 aromatic rings. The molecule has 0 atom stereocenters. The van der Waals surface area contributed by atoms with E-state index in [1.807, 2.05) is 42.5 Å². The van der Waals surface area contributed by atoms with Crippen molar-refractivity contribution in [3.63, 3.8) is 0 Å². The quantitative estimate of drug-likeness (QED) is 0.230. The number of benzene rings is 2. The molecule has 1 aliphatic rings. The Morgan fingerprint density at radius 2 is 1.58 bits per heavy atom. The maximum Gasteiger partial charge on any atom is 0.251 e. The van der Waals surface area contributed by atoms with Crippen molar-refractivity contribution in [3.05, 3.63) is 72.1 Å². The predicted molar refractivity (Wildman–Crippen MR) is 131 cm³/mol. The molecule has 6 heteroatoms. The van der Waals surface area contributed by atoms with Crippen LogP contribution < -0.4 is 5.32 Å². The lowest BCUT2D eigenvalue weighted by atomic mass is 9.97. The third-order valence-corrected chi connectivity index (χ3v) is 6.39. The SMILES string of the molecule is O=C(NCCC1=CCCCC1)c1ccc2nc3c4cccnc4c4ncccc4c3nc2c1. The van der Waals surface area contributed by atoms with Gasteiger partial charge in [-0.3, -0.25) is 14.8 Å². The summed E-state index contributed by atoms with van der Waals surface area (Å²) in [6.07, 6.45) is 11.6. The number of nitrogens with one attached hydrogen (secondary N) is 1. The number of allylic oxidation sites excluding steroid dienone is 1. The van der Waals surface area contributed by atoms with Gasteiger partial charge < -0.3 is 5.32 Å². The predicted octanol–water partition coefficient (Wildman–Crippen LogP) is 5.50. The van der Waals surface area contributed by atoms with Gasteiger partial charge >= 0.3 is 0 Å². The highest BCUT2D eigenvalue weighted by Crippen LogP contribution is 2.31. The number of amides is 1. The maximum absolute atomic E-state index is 12.8. The van der Waals surface area contributed by atoms with Gasteiger partial charge in [-0.15, -0.1) is 0 Å². The van der Waals surface area contributed by atoms with Crippen molar-refractivity contribution >= 4 is 49.8 Å². The lowest BCUT2D eigenvalue weighted by molar-refractivity contribution is 0.0954. The molecule has 3 heterocycles. The summed E-state index contributed by atoms with van der Waals surface area (Å²) in [7, 11) is 0. The maximum atomic E-state index is 12.8. The molecule has 6 rings (SSSR count). The molecule has 3 aromatic heterocycles. The number of hydrogen-bond acceptors (Lipinski definition) is 5. The average molecular weight is 434 g/mol. The summed E-state index contributed by atoms with van der Waals surface area (Å²) in [5.41, 5.74) is 6.69. The molecule has 162 valence electrons. The van der Waals surface area contributed by atoms with Crippen LogP contribution in [-0.2, 0) is 0 Å². The smallest absolute Gasteiger partial charge is 0.251 e. The molecule has 0 aliphatic heterocycles. The summed E-state index contributed by atoms with van der Waals surface area (Å²) in [6.45, 7) is 0.654. The van der Waals surface area contributed by atoms with Crippen molar-refractivity contribution in [2.75, 3.05) is 6.54 Å². The van der Waals surface area contributed by atoms with Gasteiger partial charge in [0.2, 0.25) is 0 Å². The fraction of sp³-hybridized carbons (Fsp3) is 0.222. The van der Waals surface area contributed by atoms with Crippen LogP contribution in [0.4, 0.5) is 0 Å². The Labute approximate surface area is 190 Å². The molecule has 6 nitrogen and oxygen atoms in total. The molecule has 0 saturated heterocycles. The van der Waals surface area contributed by atoms with Crippen LogP contribution in [0.15, 0.2) is 66.5 Å². The number of rotatable bonds is 4. The van der Waals surface area contributed by atoms with Gasteiger partial charge in [0.1, 0.15) is 0 Å². The van der Waals surface area contributed by atoms with Crippen molar-refractivity contribution < 1.29 is 4.79 Å². The number of aromatic nitrogens is 4. The van der Waals surface area contributed by atoms with E-state index in [0.717, 1.165) is 57.6 Å². The minimum absolute atomic E-state index is 0.0792. The highest BCUT2D eigenvalue weighted by atomic mass is 16.1. The van der Waals surface area contributed by atoms with E-state index in [4.69, 9.17) is 9.97 Å². The first-order chi connectivity index (χ1) is 16.3. The van der Waals surface area contributed by atoms with Gasteiger partial charge in [0, 0.05) is 35.3 Å². The Hall–Kier alpha value is -3.93. The number of fused-ring (bicyclic) bond motifs is 7. The van der Waals surface area contributed by atoms with Crippen LogP contribution in [0.5, 0.6) is 0 Å². The minimum Gasteiger partial charge on any atom is -0.352 e. The van der Waals surface area contributed by atoms with E-state index in [1.165, 1.54) is 18.4 Å². The largest absolute Gasteiger partial charge is 0.352 e. The third kappa shape index (κ3) is 3.57. The number of pyridine rings is 2. The zero-order chi connectivity index (χ0) is 22.2. The Bertz CT molecular complexity index is 1570. The topological polar surface area (TPSA) is 80.7 Å². The standard InChI is InChI=1S/C27H23N5O/c33-27(30-15-12-17-6-2-1-3-7-17)18-10-11-21-22(16-18)32-26-20-9-5-14-29-24(20)23-19(25(26)31-21)8-4-13-28-23/h4-6,8-11,13-14,16H,1-3,7,12,15H2,(H,30,33). The zero-order valence-electron chi connectivity index (χ0n) is 18.2. The summed E-state index contributed by atoms with van der Waals surface area (Å²) in [6, 6.07) is 13.3. The first kappa shape index (κ1) is 19.7. The van der Waals surface area contributed by atoms with Crippen molar-refractivity contribution in [1.82, 2.24) is 25.3 Å². The van der Waals surface area contributed by atoms with E-state index in [2.05, 4.69) is 21.4 Å². The van der Waals surface area contributed by atoms with Gasteiger partial charge in [-0.2, -0.15) is 0 Å². The number of nitrogens with zero attached hydrogens (tertiary/aromatic N) is 4. The number of hydrogen-bond donors (Lipinski definition) is 1. The highest BCUT2D eigenvalue weighted by molar-refractivity contribution is 6.21. The summed E-state index contributed by atoms with van der Waals surface area (Å²) in [5, 5.41) is 4.89. The Morgan fingerprint density at radius 3 is 2.27 bits per heavy atom. The van der Waals surface area contributed by atoms with Crippen LogP contribution in [0.25, 0.3) is 43.9 Å². The fourth-order valence-corrected chi connectivity index (χ4v) is 4.71. The van der Waals surface area contributed by atoms with Gasteiger partial charge in [0.25, 0.3) is 5.91 Å². The highest BCUT2D eigenvalue weighted by Gasteiger charge is 2.15. The monoisotopic (exact) mass is 433 g/mol. The molecule has 0 fully saturated rings. The second-order valence-electron chi connectivity index (χ2n) is 8.54. The Kier molecular flexibility index (Phi) is 4.91. The molecule has 33 heavy (non-hydrogen) atoms. The zero-order valence-corrected chi connectivity index (χ0v) is 18.2. The molecule has 2 aromatic carbocycles. The minimum atomic E-state index is -0.0792. The molecule has 1 N–H and O–H groups in total. The molecule has 0 unspecified atom stereocenters. The summed E-state index contributed by atoms with van der Waals surface area (Å²) in [5.74, 6) is -0.0792. The van der Waals surface area contributed by atoms with Gasteiger partial charge in [-0.25, -0.2) is 9.97 Å². The van der Waals surface area contributed by atoms with Crippen LogP contribution in [0.1, 0.15) is 42.5 Å². The van der Waals surface area contributed by atoms with Crippen molar-refractivity contribution in [1.29, 1.82) is 0 Å². The van der Waals surface area contributed by atoms with Crippen LogP contribution >= 0.6 is 0 Å². The van der Waals surface area contributed by atoms with E-state index in [9.17, 15) is 4.79 Å². The lowest BCUT2D eigenvalue weighted by Gasteiger charge is -2.13. The molecule has 1 aliphatic carbocycles. The first-order valence-electron chi connectivity index (χ1n) is 11.5. The molecular formula is C27H23N5O. The molecule has 0 bridgehead atoms. The van der Waals surface area contributed by atoms with Gasteiger partial charge in [0.05, 0.1) is 33.1 Å². The Balaban J connectivity index is 1.39. The fourth-order valence-electron chi connectivity index (χ4n) is 4.71. The van der Waals surface area contributed by atoms with Crippen molar-refractivity contribution in [2.45, 2.75) is 32.1 Å². The third-order valence-electron chi connectivity index (χ3n) is 6.39.